The molecule has 0 saturated carbocycles. The first kappa shape index (κ1) is 88.1. The second-order valence-corrected chi connectivity index (χ2v) is 28.5. The van der Waals surface area contributed by atoms with Crippen LogP contribution in [0.25, 0.3) is 0 Å². The van der Waals surface area contributed by atoms with Crippen molar-refractivity contribution in [2.24, 2.45) is 0 Å². The van der Waals surface area contributed by atoms with Gasteiger partial charge in [0.25, 0.3) is 0 Å². The molecule has 0 bridgehead atoms. The van der Waals surface area contributed by atoms with Gasteiger partial charge in [-0.25, -0.2) is 0 Å². The van der Waals surface area contributed by atoms with Gasteiger partial charge in [-0.3, -0.25) is 9.59 Å². The maximum Gasteiger partial charge on any atom is 0.305 e. The molecule has 6 nitrogen and oxygen atoms in total. The highest BCUT2D eigenvalue weighted by Crippen LogP contribution is 2.20. The zero-order valence-electron chi connectivity index (χ0n) is 61.1. The fraction of sp³-hybridized carbons (Fsp3) is 0.905. The van der Waals surface area contributed by atoms with Gasteiger partial charge >= 0.3 is 5.97 Å². The molecule has 3 N–H and O–H groups in total. The summed E-state index contributed by atoms with van der Waals surface area (Å²) < 4.78 is 5.51. The van der Waals surface area contributed by atoms with Crippen LogP contribution in [0.3, 0.4) is 0 Å². The zero-order valence-corrected chi connectivity index (χ0v) is 61.1. The normalized spacial score (nSPS) is 12.6. The Bertz CT molecular complexity index is 1460. The number of hydrogen-bond donors (Lipinski definition) is 3. The molecule has 0 aromatic heterocycles. The minimum atomic E-state index is -0.664. The first-order valence-electron chi connectivity index (χ1n) is 41.2. The number of allylic oxidation sites excluding steroid dienone is 6. The summed E-state index contributed by atoms with van der Waals surface area (Å²) in [6.45, 7) is 5.00. The molecule has 0 aliphatic heterocycles. The molecule has 532 valence electrons. The molecule has 0 aliphatic rings. The lowest BCUT2D eigenvalue weighted by Gasteiger charge is -2.22. The van der Waals surface area contributed by atoms with Crippen LogP contribution in [0, 0.1) is 0 Å². The van der Waals surface area contributed by atoms with Crippen LogP contribution in [0.1, 0.15) is 463 Å². The van der Waals surface area contributed by atoms with E-state index in [1.165, 1.54) is 379 Å². The van der Waals surface area contributed by atoms with Crippen molar-refractivity contribution in [3.63, 3.8) is 0 Å². The minimum Gasteiger partial charge on any atom is -0.466 e. The van der Waals surface area contributed by atoms with Gasteiger partial charge in [0.15, 0.2) is 0 Å². The Morgan fingerprint density at radius 2 is 0.556 bits per heavy atom. The maximum atomic E-state index is 12.6. The molecule has 1 amide bonds. The van der Waals surface area contributed by atoms with Gasteiger partial charge in [-0.2, -0.15) is 0 Å². The number of nitrogens with one attached hydrogen (secondary N) is 1. The smallest absolute Gasteiger partial charge is 0.305 e. The van der Waals surface area contributed by atoms with E-state index in [0.29, 0.717) is 25.9 Å². The fourth-order valence-corrected chi connectivity index (χ4v) is 13.1. The van der Waals surface area contributed by atoms with Crippen molar-refractivity contribution >= 4 is 11.9 Å². The number of rotatable bonds is 78. The third-order valence-electron chi connectivity index (χ3n) is 19.4. The van der Waals surface area contributed by atoms with Crippen LogP contribution >= 0.6 is 0 Å². The van der Waals surface area contributed by atoms with Crippen LogP contribution < -0.4 is 5.32 Å². The van der Waals surface area contributed by atoms with Gasteiger partial charge in [-0.05, 0) is 83.5 Å². The van der Waals surface area contributed by atoms with Crippen molar-refractivity contribution < 1.29 is 24.5 Å². The standard InChI is InChI=1S/C84H161NO5/c1-3-5-7-9-11-13-15-17-19-21-22-38-41-45-48-52-56-60-64-68-72-76-82(87)81(80-86)85-83(88)77-73-69-65-61-57-53-49-46-42-39-36-34-32-30-28-26-24-23-25-27-29-31-33-35-37-40-43-47-51-55-59-63-67-71-75-79-90-84(89)78-74-70-66-62-58-54-50-44-20-18-16-14-12-10-8-6-4-2/h18,20,25,27,31,33,81-82,86-87H,3-17,19,21-24,26,28-30,32,34-80H2,1-2H3,(H,85,88)/b20-18-,27-25-,33-31-. The molecule has 6 heteroatoms. The first-order valence-corrected chi connectivity index (χ1v) is 41.2. The van der Waals surface area contributed by atoms with Gasteiger partial charge in [0.2, 0.25) is 5.91 Å². The first-order chi connectivity index (χ1) is 44.5. The number of carbonyl (C=O) groups excluding carboxylic acids is 2. The van der Waals surface area contributed by atoms with Crippen LogP contribution in [0.15, 0.2) is 36.5 Å². The Kier molecular flexibility index (Phi) is 77.8. The number of aliphatic hydroxyl groups is 2. The summed E-state index contributed by atoms with van der Waals surface area (Å²) in [5.41, 5.74) is 0. The maximum absolute atomic E-state index is 12.6. The van der Waals surface area contributed by atoms with E-state index in [1.54, 1.807) is 0 Å². The summed E-state index contributed by atoms with van der Waals surface area (Å²) in [6, 6.07) is -0.541. The Morgan fingerprint density at radius 1 is 0.311 bits per heavy atom. The molecule has 0 aliphatic carbocycles. The van der Waals surface area contributed by atoms with Gasteiger partial charge in [-0.1, -0.05) is 403 Å². The van der Waals surface area contributed by atoms with Crippen molar-refractivity contribution in [1.29, 1.82) is 0 Å². The Labute approximate surface area is 564 Å². The molecule has 2 unspecified atom stereocenters. The van der Waals surface area contributed by atoms with Crippen molar-refractivity contribution in [2.45, 2.75) is 475 Å². The van der Waals surface area contributed by atoms with Gasteiger partial charge in [-0.15, -0.1) is 0 Å². The monoisotopic (exact) mass is 1260 g/mol. The highest BCUT2D eigenvalue weighted by Gasteiger charge is 2.20. The van der Waals surface area contributed by atoms with Crippen molar-refractivity contribution in [2.75, 3.05) is 13.2 Å². The van der Waals surface area contributed by atoms with E-state index in [2.05, 4.69) is 55.6 Å². The number of unbranched alkanes of at least 4 members (excludes halogenated alkanes) is 61. The molecule has 90 heavy (non-hydrogen) atoms. The SMILES string of the molecule is CCCCCCCC/C=C\CCCCCCCCCC(=O)OCCCCCCCCCCCCC/C=C\C/C=C\CCCCCCCCCCCCCCCCCCCC(=O)NC(CO)C(O)CCCCCCCCCCCCCCCCCCCCCCC. The van der Waals surface area contributed by atoms with E-state index in [0.717, 1.165) is 51.4 Å². The molecule has 0 fully saturated rings. The quantitative estimate of drug-likeness (QED) is 0.0320. The predicted molar refractivity (Wildman–Crippen MR) is 398 cm³/mol. The molecule has 0 aromatic rings. The number of amides is 1. The van der Waals surface area contributed by atoms with Crippen LogP contribution in [-0.2, 0) is 14.3 Å². The number of hydrogen-bond acceptors (Lipinski definition) is 5. The van der Waals surface area contributed by atoms with Crippen LogP contribution in [0.5, 0.6) is 0 Å². The molecular formula is C84H161NO5. The molecule has 0 heterocycles. The third kappa shape index (κ3) is 75.1. The lowest BCUT2D eigenvalue weighted by molar-refractivity contribution is -0.143. The molecular weight excluding hydrogens is 1100 g/mol. The summed E-state index contributed by atoms with van der Waals surface area (Å²) in [5, 5.41) is 23.5. The van der Waals surface area contributed by atoms with Gasteiger partial charge < -0.3 is 20.3 Å². The topological polar surface area (TPSA) is 95.9 Å². The number of carbonyl (C=O) groups is 2. The molecule has 0 radical (unpaired) electrons. The van der Waals surface area contributed by atoms with E-state index < -0.39 is 12.1 Å². The van der Waals surface area contributed by atoms with E-state index in [4.69, 9.17) is 4.74 Å². The van der Waals surface area contributed by atoms with Crippen molar-refractivity contribution in [3.05, 3.63) is 36.5 Å². The summed E-state index contributed by atoms with van der Waals surface area (Å²) in [4.78, 5) is 24.7. The van der Waals surface area contributed by atoms with Crippen molar-refractivity contribution in [3.8, 4) is 0 Å². The molecule has 2 atom stereocenters. The summed E-state index contributed by atoms with van der Waals surface area (Å²) in [5.74, 6) is -0.0132. The lowest BCUT2D eigenvalue weighted by Crippen LogP contribution is -2.45. The highest BCUT2D eigenvalue weighted by molar-refractivity contribution is 5.76. The van der Waals surface area contributed by atoms with E-state index >= 15 is 0 Å². The molecule has 0 spiro atoms. The second-order valence-electron chi connectivity index (χ2n) is 28.5. The average Bonchev–Trinajstić information content (AvgIpc) is 3.67. The third-order valence-corrected chi connectivity index (χ3v) is 19.4. The Balaban J connectivity index is 3.37. The molecule has 0 aromatic carbocycles. The van der Waals surface area contributed by atoms with E-state index in [9.17, 15) is 19.8 Å². The zero-order chi connectivity index (χ0) is 64.9. The van der Waals surface area contributed by atoms with Gasteiger partial charge in [0.1, 0.15) is 0 Å². The van der Waals surface area contributed by atoms with E-state index in [1.807, 2.05) is 0 Å². The average molecular weight is 1270 g/mol. The van der Waals surface area contributed by atoms with Crippen LogP contribution in [0.4, 0.5) is 0 Å². The Morgan fingerprint density at radius 3 is 0.856 bits per heavy atom. The van der Waals surface area contributed by atoms with Crippen molar-refractivity contribution in [1.82, 2.24) is 5.32 Å². The molecule has 0 saturated heterocycles. The summed E-state index contributed by atoms with van der Waals surface area (Å²) >= 11 is 0. The minimum absolute atomic E-state index is 0.0143. The highest BCUT2D eigenvalue weighted by atomic mass is 16.5. The second kappa shape index (κ2) is 79.5. The largest absolute Gasteiger partial charge is 0.466 e. The predicted octanol–water partition coefficient (Wildman–Crippen LogP) is 27.4. The number of ether oxygens (including phenoxy) is 1. The molecule has 0 rings (SSSR count). The van der Waals surface area contributed by atoms with E-state index in [-0.39, 0.29) is 18.5 Å². The van der Waals surface area contributed by atoms with Gasteiger partial charge in [0.05, 0.1) is 25.4 Å². The fourth-order valence-electron chi connectivity index (χ4n) is 13.1. The van der Waals surface area contributed by atoms with Crippen LogP contribution in [0.2, 0.25) is 0 Å². The Hall–Kier alpha value is -1.92. The number of aliphatic hydroxyl groups excluding tert-OH is 2. The number of esters is 1. The van der Waals surface area contributed by atoms with Crippen LogP contribution in [-0.4, -0.2) is 47.4 Å². The summed E-state index contributed by atoms with van der Waals surface area (Å²) in [7, 11) is 0. The summed E-state index contributed by atoms with van der Waals surface area (Å²) in [6.07, 6.45) is 104. The van der Waals surface area contributed by atoms with Gasteiger partial charge in [0, 0.05) is 12.8 Å². The lowest BCUT2D eigenvalue weighted by atomic mass is 10.0.